The molecule has 104 valence electrons. The van der Waals surface area contributed by atoms with E-state index in [9.17, 15) is 14.9 Å². The maximum absolute atomic E-state index is 11.8. The Balaban J connectivity index is 2.96. The lowest BCUT2D eigenvalue weighted by molar-refractivity contribution is -0.385. The molecule has 0 aliphatic heterocycles. The van der Waals surface area contributed by atoms with Gasteiger partial charge >= 0.3 is 5.69 Å². The van der Waals surface area contributed by atoms with Crippen LogP contribution in [0.4, 0.5) is 5.69 Å². The summed E-state index contributed by atoms with van der Waals surface area (Å²) in [5.41, 5.74) is -0.334. The maximum atomic E-state index is 11.8. The van der Waals surface area contributed by atoms with Gasteiger partial charge in [-0.25, -0.2) is 0 Å². The quantitative estimate of drug-likeness (QED) is 0.481. The summed E-state index contributed by atoms with van der Waals surface area (Å²) >= 11 is 0. The fourth-order valence-corrected chi connectivity index (χ4v) is 1.43. The summed E-state index contributed by atoms with van der Waals surface area (Å²) in [6, 6.07) is 3.95. The number of carbonyl (C=O) groups is 1. The number of aliphatic hydroxyl groups is 2. The molecule has 1 aromatic carbocycles. The Hall–Kier alpha value is -2.19. The van der Waals surface area contributed by atoms with Crippen LogP contribution in [0.3, 0.4) is 0 Å². The van der Waals surface area contributed by atoms with Crippen LogP contribution in [0.1, 0.15) is 10.4 Å². The molecule has 8 heteroatoms. The lowest BCUT2D eigenvalue weighted by Gasteiger charge is -2.11. The maximum Gasteiger partial charge on any atom is 0.311 e. The molecule has 19 heavy (non-hydrogen) atoms. The van der Waals surface area contributed by atoms with Crippen molar-refractivity contribution in [1.29, 1.82) is 0 Å². The topological polar surface area (TPSA) is 122 Å². The zero-order valence-electron chi connectivity index (χ0n) is 10.2. The molecular weight excluding hydrogens is 256 g/mol. The van der Waals surface area contributed by atoms with Crippen molar-refractivity contribution in [2.75, 3.05) is 20.3 Å². The number of nitro groups is 1. The van der Waals surface area contributed by atoms with E-state index >= 15 is 0 Å². The second kappa shape index (κ2) is 6.66. The first-order valence-corrected chi connectivity index (χ1v) is 5.39. The lowest BCUT2D eigenvalue weighted by atomic mass is 10.1. The molecule has 1 unspecified atom stereocenters. The first-order chi connectivity index (χ1) is 9.01. The molecule has 1 amide bonds. The van der Waals surface area contributed by atoms with Crippen LogP contribution >= 0.6 is 0 Å². The van der Waals surface area contributed by atoms with E-state index in [2.05, 4.69) is 5.32 Å². The Morgan fingerprint density at radius 2 is 2.26 bits per heavy atom. The number of para-hydroxylation sites is 1. The molecule has 1 rings (SSSR count). The van der Waals surface area contributed by atoms with E-state index in [1.54, 1.807) is 0 Å². The Labute approximate surface area is 108 Å². The number of benzene rings is 1. The predicted molar refractivity (Wildman–Crippen MR) is 65.1 cm³/mol. The van der Waals surface area contributed by atoms with Crippen LogP contribution in [-0.2, 0) is 0 Å². The molecule has 3 N–H and O–H groups in total. The smallest absolute Gasteiger partial charge is 0.311 e. The second-order valence-electron chi connectivity index (χ2n) is 3.66. The third-order valence-electron chi connectivity index (χ3n) is 2.35. The molecule has 0 bridgehead atoms. The average molecular weight is 270 g/mol. The minimum Gasteiger partial charge on any atom is -0.490 e. The summed E-state index contributed by atoms with van der Waals surface area (Å²) in [7, 11) is 1.22. The summed E-state index contributed by atoms with van der Waals surface area (Å²) in [5, 5.41) is 30.9. The van der Waals surface area contributed by atoms with Gasteiger partial charge in [-0.3, -0.25) is 14.9 Å². The first-order valence-electron chi connectivity index (χ1n) is 5.39. The number of carbonyl (C=O) groups excluding carboxylic acids is 1. The van der Waals surface area contributed by atoms with Gasteiger partial charge in [0.1, 0.15) is 0 Å². The van der Waals surface area contributed by atoms with Crippen LogP contribution in [0.15, 0.2) is 18.2 Å². The minimum absolute atomic E-state index is 0.0122. The summed E-state index contributed by atoms with van der Waals surface area (Å²) < 4.78 is 4.88. The van der Waals surface area contributed by atoms with Crippen molar-refractivity contribution in [3.05, 3.63) is 33.9 Å². The normalized spacial score (nSPS) is 11.7. The van der Waals surface area contributed by atoms with Gasteiger partial charge in [0.05, 0.1) is 30.3 Å². The SMILES string of the molecule is COc1c(C(=O)NCC(O)CO)cccc1[N+](=O)[O-]. The van der Waals surface area contributed by atoms with E-state index in [-0.39, 0.29) is 23.5 Å². The fourth-order valence-electron chi connectivity index (χ4n) is 1.43. The molecule has 0 heterocycles. The molecule has 0 saturated carbocycles. The van der Waals surface area contributed by atoms with Crippen molar-refractivity contribution in [2.24, 2.45) is 0 Å². The standard InChI is InChI=1S/C11H14N2O6/c1-19-10-8(3-2-4-9(10)13(17)18)11(16)12-5-7(15)6-14/h2-4,7,14-15H,5-6H2,1H3,(H,12,16). The third-order valence-corrected chi connectivity index (χ3v) is 2.35. The summed E-state index contributed by atoms with van der Waals surface area (Å²) in [5.74, 6) is -0.781. The predicted octanol–water partition coefficient (Wildman–Crippen LogP) is -0.314. The first kappa shape index (κ1) is 14.9. The van der Waals surface area contributed by atoms with Crippen molar-refractivity contribution in [3.8, 4) is 5.75 Å². The highest BCUT2D eigenvalue weighted by Crippen LogP contribution is 2.30. The molecule has 0 spiro atoms. The molecular formula is C11H14N2O6. The van der Waals surface area contributed by atoms with Crippen molar-refractivity contribution < 1.29 is 24.7 Å². The van der Waals surface area contributed by atoms with E-state index in [1.165, 1.54) is 25.3 Å². The highest BCUT2D eigenvalue weighted by Gasteiger charge is 2.22. The van der Waals surface area contributed by atoms with E-state index in [0.29, 0.717) is 0 Å². The summed E-state index contributed by atoms with van der Waals surface area (Å²) in [6.07, 6.45) is -1.09. The van der Waals surface area contributed by atoms with Gasteiger partial charge in [-0.05, 0) is 6.07 Å². The van der Waals surface area contributed by atoms with Crippen LogP contribution in [0.5, 0.6) is 5.75 Å². The van der Waals surface area contributed by atoms with Crippen LogP contribution < -0.4 is 10.1 Å². The number of amides is 1. The molecule has 0 aliphatic carbocycles. The van der Waals surface area contributed by atoms with Crippen molar-refractivity contribution in [3.63, 3.8) is 0 Å². The molecule has 1 atom stereocenters. The highest BCUT2D eigenvalue weighted by molar-refractivity contribution is 5.98. The van der Waals surface area contributed by atoms with Gasteiger partial charge in [0, 0.05) is 12.6 Å². The molecule has 0 saturated heterocycles. The number of nitro benzene ring substituents is 1. The van der Waals surface area contributed by atoms with Gasteiger partial charge in [0.15, 0.2) is 0 Å². The molecule has 0 aromatic heterocycles. The number of nitrogens with zero attached hydrogens (tertiary/aromatic N) is 1. The van der Waals surface area contributed by atoms with Gasteiger partial charge in [0.2, 0.25) is 5.75 Å². The van der Waals surface area contributed by atoms with E-state index < -0.39 is 23.5 Å². The number of hydrogen-bond acceptors (Lipinski definition) is 6. The van der Waals surface area contributed by atoms with Crippen molar-refractivity contribution in [1.82, 2.24) is 5.32 Å². The number of hydrogen-bond donors (Lipinski definition) is 3. The van der Waals surface area contributed by atoms with Gasteiger partial charge in [-0.15, -0.1) is 0 Å². The Bertz CT molecular complexity index is 476. The zero-order chi connectivity index (χ0) is 14.4. The summed E-state index contributed by atoms with van der Waals surface area (Å²) in [6.45, 7) is -0.659. The number of methoxy groups -OCH3 is 1. The lowest BCUT2D eigenvalue weighted by Crippen LogP contribution is -2.34. The van der Waals surface area contributed by atoms with Crippen LogP contribution in [-0.4, -0.2) is 47.4 Å². The molecule has 8 nitrogen and oxygen atoms in total. The van der Waals surface area contributed by atoms with Gasteiger partial charge < -0.3 is 20.3 Å². The van der Waals surface area contributed by atoms with E-state index in [0.717, 1.165) is 0 Å². The van der Waals surface area contributed by atoms with Crippen LogP contribution in [0.25, 0.3) is 0 Å². The second-order valence-corrected chi connectivity index (χ2v) is 3.66. The number of aliphatic hydroxyl groups excluding tert-OH is 2. The van der Waals surface area contributed by atoms with Crippen molar-refractivity contribution >= 4 is 11.6 Å². The average Bonchev–Trinajstić information content (AvgIpc) is 2.43. The van der Waals surface area contributed by atoms with E-state index in [4.69, 9.17) is 14.9 Å². The number of ether oxygens (including phenoxy) is 1. The van der Waals surface area contributed by atoms with Gasteiger partial charge in [-0.2, -0.15) is 0 Å². The van der Waals surface area contributed by atoms with Crippen molar-refractivity contribution in [2.45, 2.75) is 6.10 Å². The number of nitrogens with one attached hydrogen (secondary N) is 1. The monoisotopic (exact) mass is 270 g/mol. The fraction of sp³-hybridized carbons (Fsp3) is 0.364. The Morgan fingerprint density at radius 3 is 2.79 bits per heavy atom. The Morgan fingerprint density at radius 1 is 1.58 bits per heavy atom. The van der Waals surface area contributed by atoms with Gasteiger partial charge in [0.25, 0.3) is 5.91 Å². The van der Waals surface area contributed by atoms with Crippen LogP contribution in [0, 0.1) is 10.1 Å². The van der Waals surface area contributed by atoms with Gasteiger partial charge in [-0.1, -0.05) is 6.07 Å². The Kier molecular flexibility index (Phi) is 5.22. The summed E-state index contributed by atoms with van der Waals surface area (Å²) in [4.78, 5) is 21.9. The third kappa shape index (κ3) is 3.63. The van der Waals surface area contributed by atoms with Crippen LogP contribution in [0.2, 0.25) is 0 Å². The zero-order valence-corrected chi connectivity index (χ0v) is 10.2. The van der Waals surface area contributed by atoms with E-state index in [1.807, 2.05) is 0 Å². The molecule has 1 aromatic rings. The molecule has 0 radical (unpaired) electrons. The largest absolute Gasteiger partial charge is 0.490 e. The highest BCUT2D eigenvalue weighted by atomic mass is 16.6. The molecule has 0 fully saturated rings. The minimum atomic E-state index is -1.09. The number of rotatable bonds is 6. The molecule has 0 aliphatic rings.